The fraction of sp³-hybridized carbons (Fsp3) is 0.160. The van der Waals surface area contributed by atoms with Gasteiger partial charge >= 0.3 is 6.03 Å². The van der Waals surface area contributed by atoms with Crippen molar-refractivity contribution in [3.8, 4) is 16.9 Å². The lowest BCUT2D eigenvalue weighted by atomic mass is 10.0. The SMILES string of the molecule is CCc1cc(-c2cccc(OC)c2)ccc1NC(=O)N(C)c1cc2cccnc2[nH]c1=O. The molecule has 4 rings (SSSR count). The Bertz CT molecular complexity index is 1350. The highest BCUT2D eigenvalue weighted by molar-refractivity contribution is 6.02. The summed E-state index contributed by atoms with van der Waals surface area (Å²) in [7, 11) is 3.21. The van der Waals surface area contributed by atoms with Crippen molar-refractivity contribution in [3.05, 3.63) is 82.8 Å². The molecule has 0 radical (unpaired) electrons. The van der Waals surface area contributed by atoms with Crippen molar-refractivity contribution in [2.45, 2.75) is 13.3 Å². The van der Waals surface area contributed by atoms with E-state index in [2.05, 4.69) is 21.4 Å². The molecule has 0 saturated carbocycles. The third kappa shape index (κ3) is 4.18. The molecule has 2 N–H and O–H groups in total. The topological polar surface area (TPSA) is 87.3 Å². The minimum absolute atomic E-state index is 0.244. The van der Waals surface area contributed by atoms with Gasteiger partial charge in [-0.2, -0.15) is 0 Å². The molecule has 0 aliphatic heterocycles. The van der Waals surface area contributed by atoms with Crippen LogP contribution in [0.1, 0.15) is 12.5 Å². The Balaban J connectivity index is 1.60. The molecule has 162 valence electrons. The number of carbonyl (C=O) groups excluding carboxylic acids is 1. The van der Waals surface area contributed by atoms with Crippen LogP contribution in [0, 0.1) is 0 Å². The zero-order valence-electron chi connectivity index (χ0n) is 18.2. The monoisotopic (exact) mass is 428 g/mol. The standard InChI is InChI=1S/C25H24N4O3/c1-4-16-13-18(17-7-5-9-20(14-17)32-3)10-11-21(16)27-25(31)29(2)22-15-19-8-6-12-26-23(19)28-24(22)30/h5-15H,4H2,1-3H3,(H,27,31)(H,26,28,30). The second-order valence-corrected chi connectivity index (χ2v) is 7.37. The molecule has 2 aromatic heterocycles. The molecule has 2 aromatic carbocycles. The first-order chi connectivity index (χ1) is 15.5. The summed E-state index contributed by atoms with van der Waals surface area (Å²) in [6, 6.07) is 18.6. The van der Waals surface area contributed by atoms with Crippen LogP contribution in [0.25, 0.3) is 22.2 Å². The van der Waals surface area contributed by atoms with Gasteiger partial charge in [0.05, 0.1) is 7.11 Å². The normalized spacial score (nSPS) is 10.7. The molecule has 4 aromatic rings. The number of rotatable bonds is 5. The number of fused-ring (bicyclic) bond motifs is 1. The van der Waals surface area contributed by atoms with Crippen molar-refractivity contribution in [1.29, 1.82) is 0 Å². The molecule has 0 aliphatic rings. The number of aryl methyl sites for hydroxylation is 1. The van der Waals surface area contributed by atoms with Gasteiger partial charge < -0.3 is 15.0 Å². The summed E-state index contributed by atoms with van der Waals surface area (Å²) >= 11 is 0. The lowest BCUT2D eigenvalue weighted by Crippen LogP contribution is -2.35. The second-order valence-electron chi connectivity index (χ2n) is 7.37. The molecule has 7 nitrogen and oxygen atoms in total. The molecule has 0 aliphatic carbocycles. The molecule has 0 fully saturated rings. The number of H-pyrrole nitrogens is 1. The van der Waals surface area contributed by atoms with Crippen LogP contribution in [0.4, 0.5) is 16.2 Å². The van der Waals surface area contributed by atoms with Gasteiger partial charge in [-0.1, -0.05) is 25.1 Å². The maximum atomic E-state index is 12.9. The molecule has 2 heterocycles. The number of benzene rings is 2. The average Bonchev–Trinajstić information content (AvgIpc) is 2.83. The van der Waals surface area contributed by atoms with Crippen LogP contribution in [-0.2, 0) is 6.42 Å². The molecule has 0 spiro atoms. The summed E-state index contributed by atoms with van der Waals surface area (Å²) in [5, 5.41) is 3.68. The van der Waals surface area contributed by atoms with Crippen molar-refractivity contribution in [2.24, 2.45) is 0 Å². The van der Waals surface area contributed by atoms with Crippen molar-refractivity contribution in [1.82, 2.24) is 9.97 Å². The maximum absolute atomic E-state index is 12.9. The smallest absolute Gasteiger partial charge is 0.326 e. The Labute approximate surface area is 185 Å². The number of methoxy groups -OCH3 is 1. The van der Waals surface area contributed by atoms with Crippen molar-refractivity contribution >= 4 is 28.4 Å². The Morgan fingerprint density at radius 1 is 1.09 bits per heavy atom. The molecule has 0 atom stereocenters. The number of nitrogens with one attached hydrogen (secondary N) is 2. The number of amides is 2. The second kappa shape index (κ2) is 8.93. The van der Waals surface area contributed by atoms with E-state index < -0.39 is 6.03 Å². The Morgan fingerprint density at radius 3 is 2.69 bits per heavy atom. The van der Waals surface area contributed by atoms with E-state index in [1.807, 2.05) is 49.4 Å². The molecule has 0 saturated heterocycles. The van der Waals surface area contributed by atoms with E-state index in [4.69, 9.17) is 4.74 Å². The predicted molar refractivity (Wildman–Crippen MR) is 128 cm³/mol. The summed E-state index contributed by atoms with van der Waals surface area (Å²) < 4.78 is 5.32. The molecule has 7 heteroatoms. The van der Waals surface area contributed by atoms with E-state index in [0.717, 1.165) is 34.2 Å². The first kappa shape index (κ1) is 21.1. The first-order valence-electron chi connectivity index (χ1n) is 10.3. The number of hydrogen-bond acceptors (Lipinski definition) is 4. The fourth-order valence-corrected chi connectivity index (χ4v) is 3.57. The molecular weight excluding hydrogens is 404 g/mol. The third-order valence-corrected chi connectivity index (χ3v) is 5.39. The largest absolute Gasteiger partial charge is 0.497 e. The van der Waals surface area contributed by atoms with E-state index in [1.165, 1.54) is 4.90 Å². The molecule has 2 amide bonds. The summed E-state index contributed by atoms with van der Waals surface area (Å²) in [5.41, 5.74) is 4.11. The van der Waals surface area contributed by atoms with E-state index >= 15 is 0 Å². The van der Waals surface area contributed by atoms with Crippen LogP contribution in [0.3, 0.4) is 0 Å². The van der Waals surface area contributed by atoms with Gasteiger partial charge in [0.25, 0.3) is 5.56 Å². The van der Waals surface area contributed by atoms with E-state index in [9.17, 15) is 9.59 Å². The predicted octanol–water partition coefficient (Wildman–Crippen LogP) is 4.83. The van der Waals surface area contributed by atoms with Gasteiger partial charge in [-0.05, 0) is 65.6 Å². The molecule has 0 unspecified atom stereocenters. The summed E-state index contributed by atoms with van der Waals surface area (Å²) in [5.74, 6) is 0.787. The number of nitrogens with zero attached hydrogens (tertiary/aromatic N) is 2. The first-order valence-corrected chi connectivity index (χ1v) is 10.3. The van der Waals surface area contributed by atoms with E-state index in [1.54, 1.807) is 32.5 Å². The minimum Gasteiger partial charge on any atom is -0.497 e. The number of hydrogen-bond donors (Lipinski definition) is 2. The van der Waals surface area contributed by atoms with Gasteiger partial charge in [0.2, 0.25) is 0 Å². The van der Waals surface area contributed by atoms with Gasteiger partial charge in [0.15, 0.2) is 0 Å². The minimum atomic E-state index is -0.400. The number of aromatic amines is 1. The van der Waals surface area contributed by atoms with Gasteiger partial charge in [-0.3, -0.25) is 9.69 Å². The number of aromatic nitrogens is 2. The summed E-state index contributed by atoms with van der Waals surface area (Å²) in [6.45, 7) is 2.03. The number of ether oxygens (including phenoxy) is 1. The van der Waals surface area contributed by atoms with Gasteiger partial charge in [0, 0.05) is 24.3 Å². The van der Waals surface area contributed by atoms with Crippen LogP contribution in [0.15, 0.2) is 71.7 Å². The maximum Gasteiger partial charge on any atom is 0.326 e. The average molecular weight is 428 g/mol. The quantitative estimate of drug-likeness (QED) is 0.477. The lowest BCUT2D eigenvalue weighted by molar-refractivity contribution is 0.258. The van der Waals surface area contributed by atoms with Crippen LogP contribution < -0.4 is 20.5 Å². The number of carbonyl (C=O) groups is 1. The summed E-state index contributed by atoms with van der Waals surface area (Å²) in [4.78, 5) is 33.6. The zero-order chi connectivity index (χ0) is 22.7. The van der Waals surface area contributed by atoms with Crippen molar-refractivity contribution in [2.75, 3.05) is 24.4 Å². The number of pyridine rings is 2. The molecular formula is C25H24N4O3. The highest BCUT2D eigenvalue weighted by Crippen LogP contribution is 2.28. The Hall–Kier alpha value is -4.13. The van der Waals surface area contributed by atoms with Crippen LogP contribution >= 0.6 is 0 Å². The van der Waals surface area contributed by atoms with Crippen molar-refractivity contribution < 1.29 is 9.53 Å². The highest BCUT2D eigenvalue weighted by atomic mass is 16.5. The van der Waals surface area contributed by atoms with Crippen LogP contribution in [-0.4, -0.2) is 30.2 Å². The van der Waals surface area contributed by atoms with Crippen molar-refractivity contribution in [3.63, 3.8) is 0 Å². The lowest BCUT2D eigenvalue weighted by Gasteiger charge is -2.19. The highest BCUT2D eigenvalue weighted by Gasteiger charge is 2.17. The third-order valence-electron chi connectivity index (χ3n) is 5.39. The van der Waals surface area contributed by atoms with Gasteiger partial charge in [-0.15, -0.1) is 0 Å². The number of urea groups is 1. The van der Waals surface area contributed by atoms with Gasteiger partial charge in [0.1, 0.15) is 17.1 Å². The van der Waals surface area contributed by atoms with E-state index in [-0.39, 0.29) is 11.2 Å². The van der Waals surface area contributed by atoms with Crippen LogP contribution in [0.2, 0.25) is 0 Å². The van der Waals surface area contributed by atoms with Crippen LogP contribution in [0.5, 0.6) is 5.75 Å². The fourth-order valence-electron chi connectivity index (χ4n) is 3.57. The Kier molecular flexibility index (Phi) is 5.89. The number of anilines is 2. The zero-order valence-corrected chi connectivity index (χ0v) is 18.2. The van der Waals surface area contributed by atoms with E-state index in [0.29, 0.717) is 11.3 Å². The van der Waals surface area contributed by atoms with Gasteiger partial charge in [-0.25, -0.2) is 9.78 Å². The Morgan fingerprint density at radius 2 is 1.91 bits per heavy atom. The molecule has 32 heavy (non-hydrogen) atoms. The summed E-state index contributed by atoms with van der Waals surface area (Å²) in [6.07, 6.45) is 2.34. The molecule has 0 bridgehead atoms.